The summed E-state index contributed by atoms with van der Waals surface area (Å²) < 4.78 is 36.6. The van der Waals surface area contributed by atoms with Crippen molar-refractivity contribution in [1.29, 1.82) is 0 Å². The molecule has 3 amide bonds. The number of ether oxygens (including phenoxy) is 1. The molecule has 1 saturated heterocycles. The summed E-state index contributed by atoms with van der Waals surface area (Å²) in [7, 11) is 0. The lowest BCUT2D eigenvalue weighted by Crippen LogP contribution is -2.51. The molecule has 1 heterocycles. The van der Waals surface area contributed by atoms with Crippen LogP contribution in [-0.2, 0) is 25.0 Å². The number of carbonyl (C=O) groups is 4. The Morgan fingerprint density at radius 2 is 1.87 bits per heavy atom. The van der Waals surface area contributed by atoms with Crippen molar-refractivity contribution in [2.75, 3.05) is 6.54 Å². The van der Waals surface area contributed by atoms with Gasteiger partial charge in [-0.3, -0.25) is 9.59 Å². The fraction of sp³-hybridized carbons (Fsp3) is 0.429. The largest absolute Gasteiger partial charge is 0.434 e. The zero-order valence-electron chi connectivity index (χ0n) is 21.7. The first-order valence-corrected chi connectivity index (χ1v) is 13.1. The first-order chi connectivity index (χ1) is 18.5. The molecule has 1 fully saturated rings. The Hall–Kier alpha value is -3.53. The van der Waals surface area contributed by atoms with Gasteiger partial charge in [-0.05, 0) is 42.9 Å². The van der Waals surface area contributed by atoms with Crippen LogP contribution in [0.1, 0.15) is 50.3 Å². The van der Waals surface area contributed by atoms with Crippen molar-refractivity contribution < 1.29 is 32.7 Å². The molecule has 8 nitrogen and oxygen atoms in total. The second-order valence-electron chi connectivity index (χ2n) is 9.92. The molecule has 0 aliphatic carbocycles. The van der Waals surface area contributed by atoms with Crippen LogP contribution in [-0.4, -0.2) is 42.8 Å². The Morgan fingerprint density at radius 1 is 1.15 bits per heavy atom. The molecule has 210 valence electrons. The van der Waals surface area contributed by atoms with Gasteiger partial charge in [0.1, 0.15) is 12.3 Å². The summed E-state index contributed by atoms with van der Waals surface area (Å²) in [4.78, 5) is 49.5. The lowest BCUT2D eigenvalue weighted by molar-refractivity contribution is -0.129. The predicted molar refractivity (Wildman–Crippen MR) is 141 cm³/mol. The van der Waals surface area contributed by atoms with Crippen molar-refractivity contribution in [2.45, 2.75) is 57.2 Å². The van der Waals surface area contributed by atoms with E-state index >= 15 is 8.78 Å². The van der Waals surface area contributed by atoms with E-state index in [1.807, 2.05) is 13.8 Å². The lowest BCUT2D eigenvalue weighted by atomic mass is 9.97. The molecular weight excluding hydrogens is 532 g/mol. The van der Waals surface area contributed by atoms with E-state index in [1.165, 1.54) is 42.5 Å². The Kier molecular flexibility index (Phi) is 10.4. The van der Waals surface area contributed by atoms with E-state index in [9.17, 15) is 19.2 Å². The van der Waals surface area contributed by atoms with Crippen molar-refractivity contribution in [3.63, 3.8) is 0 Å². The molecule has 2 aromatic carbocycles. The van der Waals surface area contributed by atoms with Crippen LogP contribution in [0.4, 0.5) is 13.6 Å². The highest BCUT2D eigenvalue weighted by atomic mass is 35.5. The first kappa shape index (κ1) is 30.0. The van der Waals surface area contributed by atoms with Gasteiger partial charge in [-0.2, -0.15) is 8.78 Å². The summed E-state index contributed by atoms with van der Waals surface area (Å²) in [5.74, 6) is -5.03. The van der Waals surface area contributed by atoms with Gasteiger partial charge in [0.25, 0.3) is 0 Å². The van der Waals surface area contributed by atoms with Gasteiger partial charge < -0.3 is 25.5 Å². The molecule has 3 rings (SSSR count). The number of amides is 3. The number of hydrogen-bond acceptors (Lipinski definition) is 5. The minimum atomic E-state index is -3.66. The normalized spacial score (nSPS) is 17.6. The fourth-order valence-electron chi connectivity index (χ4n) is 4.42. The molecule has 1 aliphatic rings. The fourth-order valence-corrected chi connectivity index (χ4v) is 4.61. The quantitative estimate of drug-likeness (QED) is 0.329. The summed E-state index contributed by atoms with van der Waals surface area (Å²) >= 11 is 5.93. The summed E-state index contributed by atoms with van der Waals surface area (Å²) in [6.45, 7) is 4.12. The standard InChI is InChI=1S/C28H32ClF2N3O5/c1-17(2)13-23(26(37)33-22(16-35)14-19-11-12-32-25(19)36)34-27(38)39-24(18-7-4-3-5-8-18)28(30,31)20-9-6-10-21(29)15-20/h3-10,15-17,19,22-24H,11-14H2,1-2H3,(H,32,36)(H,33,37)(H,34,38)/t19-,22-,23-,24+/m0/s1. The second kappa shape index (κ2) is 13.5. The summed E-state index contributed by atoms with van der Waals surface area (Å²) in [5, 5.41) is 7.71. The van der Waals surface area contributed by atoms with E-state index in [0.29, 0.717) is 19.3 Å². The van der Waals surface area contributed by atoms with E-state index in [1.54, 1.807) is 6.07 Å². The maximum atomic E-state index is 15.7. The first-order valence-electron chi connectivity index (χ1n) is 12.7. The van der Waals surface area contributed by atoms with E-state index in [-0.39, 0.29) is 35.3 Å². The molecule has 0 radical (unpaired) electrons. The molecule has 0 spiro atoms. The van der Waals surface area contributed by atoms with Crippen LogP contribution < -0.4 is 16.0 Å². The average Bonchev–Trinajstić information content (AvgIpc) is 3.30. The number of alkyl carbamates (subject to hydrolysis) is 1. The van der Waals surface area contributed by atoms with Crippen molar-refractivity contribution >= 4 is 35.8 Å². The number of rotatable bonds is 12. The van der Waals surface area contributed by atoms with Crippen LogP contribution in [0, 0.1) is 11.8 Å². The van der Waals surface area contributed by atoms with Crippen LogP contribution in [0.2, 0.25) is 5.02 Å². The third-order valence-corrected chi connectivity index (χ3v) is 6.61. The minimum Gasteiger partial charge on any atom is -0.434 e. The van der Waals surface area contributed by atoms with Crippen LogP contribution in [0.25, 0.3) is 0 Å². The topological polar surface area (TPSA) is 114 Å². The number of alkyl halides is 2. The highest BCUT2D eigenvalue weighted by Gasteiger charge is 2.46. The lowest BCUT2D eigenvalue weighted by Gasteiger charge is -2.29. The van der Waals surface area contributed by atoms with Gasteiger partial charge >= 0.3 is 12.0 Å². The van der Waals surface area contributed by atoms with Gasteiger partial charge in [0.05, 0.1) is 6.04 Å². The van der Waals surface area contributed by atoms with Gasteiger partial charge in [-0.1, -0.05) is 67.9 Å². The minimum absolute atomic E-state index is 0.0401. The molecule has 4 atom stereocenters. The van der Waals surface area contributed by atoms with Crippen LogP contribution >= 0.6 is 11.6 Å². The van der Waals surface area contributed by atoms with Gasteiger partial charge in [0, 0.05) is 23.0 Å². The molecule has 0 bridgehead atoms. The SMILES string of the molecule is CC(C)C[C@H](NC(=O)O[C@H](c1ccccc1)C(F)(F)c1cccc(Cl)c1)C(=O)N[C@H](C=O)C[C@@H]1CCNC1=O. The molecule has 0 aromatic heterocycles. The number of aldehydes is 1. The number of benzene rings is 2. The predicted octanol–water partition coefficient (Wildman–Crippen LogP) is 4.52. The number of carbonyl (C=O) groups excluding carboxylic acids is 4. The number of halogens is 3. The number of nitrogens with one attached hydrogen (secondary N) is 3. The van der Waals surface area contributed by atoms with E-state index in [2.05, 4.69) is 16.0 Å². The maximum Gasteiger partial charge on any atom is 0.408 e. The third-order valence-electron chi connectivity index (χ3n) is 6.37. The Bertz CT molecular complexity index is 1160. The van der Waals surface area contributed by atoms with Gasteiger partial charge in [-0.15, -0.1) is 0 Å². The number of hydrogen-bond donors (Lipinski definition) is 3. The summed E-state index contributed by atoms with van der Waals surface area (Å²) in [6, 6.07) is 10.5. The maximum absolute atomic E-state index is 15.7. The van der Waals surface area contributed by atoms with Crippen molar-refractivity contribution in [1.82, 2.24) is 16.0 Å². The average molecular weight is 564 g/mol. The highest BCUT2D eigenvalue weighted by molar-refractivity contribution is 6.30. The molecule has 0 saturated carbocycles. The summed E-state index contributed by atoms with van der Waals surface area (Å²) in [5.41, 5.74) is -0.406. The molecule has 2 aromatic rings. The van der Waals surface area contributed by atoms with E-state index in [0.717, 1.165) is 6.07 Å². The molecule has 11 heteroatoms. The van der Waals surface area contributed by atoms with E-state index < -0.39 is 47.6 Å². The van der Waals surface area contributed by atoms with Gasteiger partial charge in [0.2, 0.25) is 11.8 Å². The van der Waals surface area contributed by atoms with Crippen LogP contribution in [0.5, 0.6) is 0 Å². The van der Waals surface area contributed by atoms with Crippen LogP contribution in [0.3, 0.4) is 0 Å². The molecule has 39 heavy (non-hydrogen) atoms. The zero-order valence-corrected chi connectivity index (χ0v) is 22.4. The van der Waals surface area contributed by atoms with Crippen molar-refractivity contribution in [3.05, 3.63) is 70.7 Å². The van der Waals surface area contributed by atoms with Crippen molar-refractivity contribution in [3.8, 4) is 0 Å². The Balaban J connectivity index is 1.77. The molecule has 3 N–H and O–H groups in total. The highest BCUT2D eigenvalue weighted by Crippen LogP contribution is 2.43. The smallest absolute Gasteiger partial charge is 0.408 e. The zero-order chi connectivity index (χ0) is 28.6. The Morgan fingerprint density at radius 3 is 2.46 bits per heavy atom. The van der Waals surface area contributed by atoms with E-state index in [4.69, 9.17) is 16.3 Å². The van der Waals surface area contributed by atoms with Crippen molar-refractivity contribution in [2.24, 2.45) is 11.8 Å². The van der Waals surface area contributed by atoms with Gasteiger partial charge in [-0.25, -0.2) is 4.79 Å². The summed E-state index contributed by atoms with van der Waals surface area (Å²) in [6.07, 6.45) is -1.92. The molecule has 0 unspecified atom stereocenters. The monoisotopic (exact) mass is 563 g/mol. The van der Waals surface area contributed by atoms with Gasteiger partial charge in [0.15, 0.2) is 6.10 Å². The molecule has 1 aliphatic heterocycles. The van der Waals surface area contributed by atoms with Crippen LogP contribution in [0.15, 0.2) is 54.6 Å². The second-order valence-corrected chi connectivity index (χ2v) is 10.4. The molecular formula is C28H32ClF2N3O5. The Labute approximate surface area is 230 Å². The third kappa shape index (κ3) is 8.23.